The summed E-state index contributed by atoms with van der Waals surface area (Å²) in [6, 6.07) is 0. The maximum atomic E-state index is 5.60. The molecule has 0 bridgehead atoms. The Bertz CT molecular complexity index is 103. The van der Waals surface area contributed by atoms with Crippen LogP contribution in [0.5, 0.6) is 0 Å². The predicted molar refractivity (Wildman–Crippen MR) is 32.0 cm³/mol. The van der Waals surface area contributed by atoms with Crippen LogP contribution in [0.4, 0.5) is 0 Å². The summed E-state index contributed by atoms with van der Waals surface area (Å²) in [6.45, 7) is 0. The maximum Gasteiger partial charge on any atom is 0.0892 e. The lowest BCUT2D eigenvalue weighted by atomic mass is 10.2. The molecule has 0 nitrogen and oxygen atoms in total. The number of halogens is 1. The SMILES string of the molecule is Cl[C]1C=CC=CC1. The number of hydrogen-bond donors (Lipinski definition) is 0. The van der Waals surface area contributed by atoms with E-state index in [1.54, 1.807) is 0 Å². The second kappa shape index (κ2) is 2.17. The standard InChI is InChI=1S/C6H6Cl/c7-6-4-2-1-3-5-6/h1-4H,5H2. The Labute approximate surface area is 48.5 Å². The molecule has 0 amide bonds. The molecule has 1 aliphatic rings. The van der Waals surface area contributed by atoms with Crippen molar-refractivity contribution in [2.75, 3.05) is 0 Å². The molecule has 0 spiro atoms. The fourth-order valence-corrected chi connectivity index (χ4v) is 0.649. The zero-order chi connectivity index (χ0) is 5.11. The van der Waals surface area contributed by atoms with Crippen LogP contribution >= 0.6 is 11.6 Å². The Morgan fingerprint density at radius 2 is 2.29 bits per heavy atom. The Morgan fingerprint density at radius 1 is 1.43 bits per heavy atom. The van der Waals surface area contributed by atoms with Crippen LogP contribution < -0.4 is 0 Å². The second-order valence-electron chi connectivity index (χ2n) is 1.44. The van der Waals surface area contributed by atoms with Crippen molar-refractivity contribution >= 4 is 11.6 Å². The first-order chi connectivity index (χ1) is 3.39. The van der Waals surface area contributed by atoms with Gasteiger partial charge < -0.3 is 0 Å². The lowest BCUT2D eigenvalue weighted by Gasteiger charge is -1.98. The highest BCUT2D eigenvalue weighted by atomic mass is 35.5. The Kier molecular flexibility index (Phi) is 1.53. The van der Waals surface area contributed by atoms with Gasteiger partial charge in [-0.15, -0.1) is 11.6 Å². The molecule has 1 rings (SSSR count). The molecule has 1 radical (unpaired) electrons. The van der Waals surface area contributed by atoms with Gasteiger partial charge >= 0.3 is 0 Å². The molecule has 0 saturated carbocycles. The minimum absolute atomic E-state index is 0.901. The number of allylic oxidation sites excluding steroid dienone is 4. The molecule has 37 valence electrons. The molecule has 1 aliphatic carbocycles. The predicted octanol–water partition coefficient (Wildman–Crippen LogP) is 2.27. The van der Waals surface area contributed by atoms with Gasteiger partial charge in [-0.1, -0.05) is 24.3 Å². The van der Waals surface area contributed by atoms with Gasteiger partial charge in [-0.2, -0.15) is 0 Å². The zero-order valence-corrected chi connectivity index (χ0v) is 4.65. The fourth-order valence-electron chi connectivity index (χ4n) is 0.487. The van der Waals surface area contributed by atoms with Crippen LogP contribution in [0, 0.1) is 5.38 Å². The Balaban J connectivity index is 2.49. The molecule has 1 heteroatoms. The van der Waals surface area contributed by atoms with Gasteiger partial charge in [-0.25, -0.2) is 0 Å². The molecule has 0 aliphatic heterocycles. The molecule has 0 aromatic heterocycles. The van der Waals surface area contributed by atoms with Gasteiger partial charge in [0.15, 0.2) is 0 Å². The van der Waals surface area contributed by atoms with Crippen LogP contribution in [0.15, 0.2) is 24.3 Å². The highest BCUT2D eigenvalue weighted by molar-refractivity contribution is 6.28. The Hall–Kier alpha value is -0.230. The van der Waals surface area contributed by atoms with Gasteiger partial charge in [-0.3, -0.25) is 0 Å². The van der Waals surface area contributed by atoms with Gasteiger partial charge in [0, 0.05) is 0 Å². The van der Waals surface area contributed by atoms with Crippen molar-refractivity contribution in [1.82, 2.24) is 0 Å². The lowest BCUT2D eigenvalue weighted by molar-refractivity contribution is 1.21. The minimum Gasteiger partial charge on any atom is -0.112 e. The van der Waals surface area contributed by atoms with E-state index in [2.05, 4.69) is 0 Å². The molecule has 0 unspecified atom stereocenters. The van der Waals surface area contributed by atoms with E-state index in [0.717, 1.165) is 11.8 Å². The molecule has 0 saturated heterocycles. The van der Waals surface area contributed by atoms with E-state index in [1.165, 1.54) is 0 Å². The van der Waals surface area contributed by atoms with Crippen molar-refractivity contribution in [2.24, 2.45) is 0 Å². The topological polar surface area (TPSA) is 0 Å². The van der Waals surface area contributed by atoms with E-state index in [9.17, 15) is 0 Å². The molecular weight excluding hydrogens is 108 g/mol. The molecule has 0 aromatic rings. The molecule has 7 heavy (non-hydrogen) atoms. The molecular formula is C6H6Cl. The molecule has 0 atom stereocenters. The largest absolute Gasteiger partial charge is 0.112 e. The summed E-state index contributed by atoms with van der Waals surface area (Å²) in [7, 11) is 0. The van der Waals surface area contributed by atoms with E-state index in [1.807, 2.05) is 24.3 Å². The summed E-state index contributed by atoms with van der Waals surface area (Å²) in [6.07, 6.45) is 8.76. The number of rotatable bonds is 0. The molecule has 0 aromatic carbocycles. The van der Waals surface area contributed by atoms with Crippen molar-refractivity contribution < 1.29 is 0 Å². The van der Waals surface area contributed by atoms with Crippen LogP contribution in [-0.2, 0) is 0 Å². The summed E-state index contributed by atoms with van der Waals surface area (Å²) < 4.78 is 0. The van der Waals surface area contributed by atoms with Gasteiger partial charge in [0.2, 0.25) is 0 Å². The van der Waals surface area contributed by atoms with Crippen LogP contribution in [0.3, 0.4) is 0 Å². The Morgan fingerprint density at radius 3 is 2.57 bits per heavy atom. The third kappa shape index (κ3) is 1.36. The highest BCUT2D eigenvalue weighted by Crippen LogP contribution is 2.16. The smallest absolute Gasteiger partial charge is 0.0892 e. The first-order valence-corrected chi connectivity index (χ1v) is 2.62. The van der Waals surface area contributed by atoms with E-state index < -0.39 is 0 Å². The first-order valence-electron chi connectivity index (χ1n) is 2.24. The molecule has 0 fully saturated rings. The van der Waals surface area contributed by atoms with E-state index >= 15 is 0 Å². The lowest BCUT2D eigenvalue weighted by Crippen LogP contribution is -1.81. The third-order valence-electron chi connectivity index (χ3n) is 0.837. The average Bonchev–Trinajstić information content (AvgIpc) is 1.69. The van der Waals surface area contributed by atoms with E-state index in [0.29, 0.717) is 0 Å². The van der Waals surface area contributed by atoms with Crippen molar-refractivity contribution in [3.8, 4) is 0 Å². The third-order valence-corrected chi connectivity index (χ3v) is 1.12. The van der Waals surface area contributed by atoms with Crippen molar-refractivity contribution in [3.63, 3.8) is 0 Å². The second-order valence-corrected chi connectivity index (χ2v) is 1.92. The van der Waals surface area contributed by atoms with Crippen molar-refractivity contribution in [3.05, 3.63) is 29.7 Å². The quantitative estimate of drug-likeness (QED) is 0.452. The van der Waals surface area contributed by atoms with E-state index in [4.69, 9.17) is 11.6 Å². The van der Waals surface area contributed by atoms with Crippen molar-refractivity contribution in [1.29, 1.82) is 0 Å². The van der Waals surface area contributed by atoms with Crippen LogP contribution in [0.1, 0.15) is 6.42 Å². The van der Waals surface area contributed by atoms with Crippen LogP contribution in [0.25, 0.3) is 0 Å². The van der Waals surface area contributed by atoms with Crippen molar-refractivity contribution in [2.45, 2.75) is 6.42 Å². The number of hydrogen-bond acceptors (Lipinski definition) is 0. The summed E-state index contributed by atoms with van der Waals surface area (Å²) in [5.41, 5.74) is 0. The fraction of sp³-hybridized carbons (Fsp3) is 0.167. The van der Waals surface area contributed by atoms with E-state index in [-0.39, 0.29) is 0 Å². The average molecular weight is 114 g/mol. The zero-order valence-electron chi connectivity index (χ0n) is 3.89. The summed E-state index contributed by atoms with van der Waals surface area (Å²) in [5.74, 6) is 0. The normalized spacial score (nSPS) is 20.7. The van der Waals surface area contributed by atoms with Crippen LogP contribution in [-0.4, -0.2) is 0 Å². The summed E-state index contributed by atoms with van der Waals surface area (Å²) >= 11 is 5.60. The maximum absolute atomic E-state index is 5.60. The molecule has 0 heterocycles. The van der Waals surface area contributed by atoms with Gasteiger partial charge in [-0.05, 0) is 6.42 Å². The highest BCUT2D eigenvalue weighted by Gasteiger charge is 1.97. The minimum atomic E-state index is 0.901. The van der Waals surface area contributed by atoms with Gasteiger partial charge in [0.05, 0.1) is 5.38 Å². The van der Waals surface area contributed by atoms with Gasteiger partial charge in [0.25, 0.3) is 0 Å². The van der Waals surface area contributed by atoms with Gasteiger partial charge in [0.1, 0.15) is 0 Å². The first kappa shape index (κ1) is 4.92. The molecule has 0 N–H and O–H groups in total. The summed E-state index contributed by atoms with van der Waals surface area (Å²) in [4.78, 5) is 0. The monoisotopic (exact) mass is 113 g/mol. The van der Waals surface area contributed by atoms with Crippen LogP contribution in [0.2, 0.25) is 0 Å². The summed E-state index contributed by atoms with van der Waals surface area (Å²) in [5, 5.41) is 0.919.